The molecule has 2 aromatic heterocycles. The molecule has 0 aliphatic rings. The summed E-state index contributed by atoms with van der Waals surface area (Å²) in [6, 6.07) is 18.1. The van der Waals surface area contributed by atoms with E-state index in [1.807, 2.05) is 47.8 Å². The lowest BCUT2D eigenvalue weighted by atomic mass is 10.1. The Morgan fingerprint density at radius 2 is 1.97 bits per heavy atom. The van der Waals surface area contributed by atoms with Crippen LogP contribution in [0.2, 0.25) is 0 Å². The molecule has 146 valence electrons. The van der Waals surface area contributed by atoms with Gasteiger partial charge in [-0.3, -0.25) is 9.78 Å². The fourth-order valence-electron chi connectivity index (χ4n) is 2.97. The number of amides is 1. The molecule has 5 nitrogen and oxygen atoms in total. The molecule has 0 aliphatic carbocycles. The number of ether oxygens (including phenoxy) is 1. The third-order valence-corrected chi connectivity index (χ3v) is 5.40. The minimum atomic E-state index is 0.00281. The van der Waals surface area contributed by atoms with E-state index >= 15 is 0 Å². The van der Waals surface area contributed by atoms with Crippen molar-refractivity contribution >= 4 is 28.0 Å². The molecule has 1 amide bonds. The minimum Gasteiger partial charge on any atom is -0.494 e. The molecule has 0 unspecified atom stereocenters. The molecule has 0 fully saturated rings. The number of hydrogen-bond acceptors (Lipinski definition) is 5. The third-order valence-electron chi connectivity index (χ3n) is 4.46. The van der Waals surface area contributed by atoms with Crippen molar-refractivity contribution in [2.45, 2.75) is 19.4 Å². The molecule has 0 atom stereocenters. The third kappa shape index (κ3) is 5.18. The molecule has 4 rings (SSSR count). The van der Waals surface area contributed by atoms with Crippen molar-refractivity contribution in [1.82, 2.24) is 15.3 Å². The average Bonchev–Trinajstić information content (AvgIpc) is 3.25. The largest absolute Gasteiger partial charge is 0.494 e. The quantitative estimate of drug-likeness (QED) is 0.428. The Labute approximate surface area is 173 Å². The zero-order valence-corrected chi connectivity index (χ0v) is 16.7. The molecule has 0 radical (unpaired) electrons. The van der Waals surface area contributed by atoms with Crippen LogP contribution in [0.1, 0.15) is 18.5 Å². The summed E-state index contributed by atoms with van der Waals surface area (Å²) in [5, 5.41) is 8.13. The first-order valence-electron chi connectivity index (χ1n) is 9.51. The van der Waals surface area contributed by atoms with Crippen molar-refractivity contribution in [1.29, 1.82) is 0 Å². The van der Waals surface area contributed by atoms with E-state index in [9.17, 15) is 4.79 Å². The molecule has 0 spiro atoms. The van der Waals surface area contributed by atoms with Crippen molar-refractivity contribution in [3.63, 3.8) is 0 Å². The first-order chi connectivity index (χ1) is 14.3. The van der Waals surface area contributed by atoms with Crippen molar-refractivity contribution in [3.05, 3.63) is 78.1 Å². The first kappa shape index (κ1) is 19.1. The molecule has 0 bridgehead atoms. The van der Waals surface area contributed by atoms with Crippen LogP contribution in [0.3, 0.4) is 0 Å². The zero-order chi connectivity index (χ0) is 19.9. The van der Waals surface area contributed by atoms with Crippen LogP contribution < -0.4 is 10.1 Å². The molecule has 0 saturated carbocycles. The van der Waals surface area contributed by atoms with Crippen molar-refractivity contribution in [2.75, 3.05) is 6.61 Å². The summed E-state index contributed by atoms with van der Waals surface area (Å²) in [5.41, 5.74) is 1.84. The first-order valence-corrected chi connectivity index (χ1v) is 10.4. The Kier molecular flexibility index (Phi) is 6.12. The zero-order valence-electron chi connectivity index (χ0n) is 15.9. The number of thiazole rings is 1. The Morgan fingerprint density at radius 3 is 2.83 bits per heavy atom. The van der Waals surface area contributed by atoms with E-state index in [4.69, 9.17) is 4.74 Å². The van der Waals surface area contributed by atoms with Crippen LogP contribution in [0.25, 0.3) is 21.3 Å². The Balaban J connectivity index is 1.19. The second kappa shape index (κ2) is 9.30. The van der Waals surface area contributed by atoms with Gasteiger partial charge in [-0.2, -0.15) is 0 Å². The topological polar surface area (TPSA) is 64.1 Å². The highest BCUT2D eigenvalue weighted by Gasteiger charge is 2.07. The second-order valence-electron chi connectivity index (χ2n) is 6.62. The van der Waals surface area contributed by atoms with Crippen LogP contribution in [0, 0.1) is 0 Å². The summed E-state index contributed by atoms with van der Waals surface area (Å²) in [4.78, 5) is 20.7. The minimum absolute atomic E-state index is 0.00281. The van der Waals surface area contributed by atoms with Crippen molar-refractivity contribution < 1.29 is 9.53 Å². The molecule has 1 N–H and O–H groups in total. The van der Waals surface area contributed by atoms with E-state index in [1.165, 1.54) is 5.39 Å². The van der Waals surface area contributed by atoms with E-state index in [0.717, 1.165) is 27.4 Å². The fourth-order valence-corrected chi connectivity index (χ4v) is 3.78. The number of carbonyl (C=O) groups is 1. The Hall–Kier alpha value is -3.25. The van der Waals surface area contributed by atoms with Gasteiger partial charge in [0.1, 0.15) is 10.8 Å². The van der Waals surface area contributed by atoms with Gasteiger partial charge in [-0.25, -0.2) is 4.98 Å². The Bertz CT molecular complexity index is 1100. The summed E-state index contributed by atoms with van der Waals surface area (Å²) in [7, 11) is 0. The SMILES string of the molecule is O=C(CCCOc1ccc2ccccc2c1)NCc1csc(-c2cccnc2)n1. The maximum absolute atomic E-state index is 12.1. The van der Waals surface area contributed by atoms with Gasteiger partial charge in [-0.15, -0.1) is 11.3 Å². The van der Waals surface area contributed by atoms with E-state index < -0.39 is 0 Å². The van der Waals surface area contributed by atoms with Crippen LogP contribution in [-0.4, -0.2) is 22.5 Å². The van der Waals surface area contributed by atoms with E-state index in [-0.39, 0.29) is 5.91 Å². The molecule has 4 aromatic rings. The van der Waals surface area contributed by atoms with Crippen molar-refractivity contribution in [3.8, 4) is 16.3 Å². The average molecular weight is 404 g/mol. The number of carbonyl (C=O) groups excluding carboxylic acids is 1. The normalized spacial score (nSPS) is 10.8. The lowest BCUT2D eigenvalue weighted by Gasteiger charge is -2.07. The van der Waals surface area contributed by atoms with Gasteiger partial charge >= 0.3 is 0 Å². The van der Waals surface area contributed by atoms with E-state index in [0.29, 0.717) is 26.0 Å². The van der Waals surface area contributed by atoms with Gasteiger partial charge in [-0.05, 0) is 41.5 Å². The number of rotatable bonds is 8. The van der Waals surface area contributed by atoms with Gasteiger partial charge in [0, 0.05) is 29.8 Å². The van der Waals surface area contributed by atoms with E-state index in [1.54, 1.807) is 23.7 Å². The predicted molar refractivity (Wildman–Crippen MR) is 116 cm³/mol. The summed E-state index contributed by atoms with van der Waals surface area (Å²) in [5.74, 6) is 0.831. The highest BCUT2D eigenvalue weighted by atomic mass is 32.1. The molecule has 6 heteroatoms. The number of hydrogen-bond donors (Lipinski definition) is 1. The lowest BCUT2D eigenvalue weighted by molar-refractivity contribution is -0.121. The van der Waals surface area contributed by atoms with Crippen LogP contribution in [0.4, 0.5) is 0 Å². The molecule has 29 heavy (non-hydrogen) atoms. The van der Waals surface area contributed by atoms with Crippen LogP contribution in [0.5, 0.6) is 5.75 Å². The van der Waals surface area contributed by atoms with Crippen molar-refractivity contribution in [2.24, 2.45) is 0 Å². The molecule has 2 heterocycles. The van der Waals surface area contributed by atoms with Crippen LogP contribution >= 0.6 is 11.3 Å². The lowest BCUT2D eigenvalue weighted by Crippen LogP contribution is -2.23. The standard InChI is InChI=1S/C23H21N3O2S/c27-22(25-15-20-16-29-23(26-20)19-7-3-11-24-14-19)8-4-12-28-21-10-9-17-5-1-2-6-18(17)13-21/h1-3,5-7,9-11,13-14,16H,4,8,12,15H2,(H,25,27). The number of benzene rings is 2. The maximum Gasteiger partial charge on any atom is 0.220 e. The fraction of sp³-hybridized carbons (Fsp3) is 0.174. The highest BCUT2D eigenvalue weighted by Crippen LogP contribution is 2.23. The molecule has 2 aromatic carbocycles. The molecular formula is C23H21N3O2S. The number of fused-ring (bicyclic) bond motifs is 1. The van der Waals surface area contributed by atoms with Gasteiger partial charge < -0.3 is 10.1 Å². The monoisotopic (exact) mass is 403 g/mol. The molecule has 0 saturated heterocycles. The number of aromatic nitrogens is 2. The molecular weight excluding hydrogens is 382 g/mol. The van der Waals surface area contributed by atoms with E-state index in [2.05, 4.69) is 27.4 Å². The van der Waals surface area contributed by atoms with Gasteiger partial charge in [0.25, 0.3) is 0 Å². The van der Waals surface area contributed by atoms with Gasteiger partial charge in [0.2, 0.25) is 5.91 Å². The van der Waals surface area contributed by atoms with Gasteiger partial charge in [-0.1, -0.05) is 30.3 Å². The Morgan fingerprint density at radius 1 is 1.07 bits per heavy atom. The number of pyridine rings is 1. The predicted octanol–water partition coefficient (Wildman–Crippen LogP) is 4.83. The van der Waals surface area contributed by atoms with Gasteiger partial charge in [0.15, 0.2) is 0 Å². The van der Waals surface area contributed by atoms with Crippen LogP contribution in [-0.2, 0) is 11.3 Å². The van der Waals surface area contributed by atoms with Crippen LogP contribution in [0.15, 0.2) is 72.4 Å². The summed E-state index contributed by atoms with van der Waals surface area (Å²) in [6.07, 6.45) is 4.61. The summed E-state index contributed by atoms with van der Waals surface area (Å²) >= 11 is 1.55. The maximum atomic E-state index is 12.1. The summed E-state index contributed by atoms with van der Waals surface area (Å²) in [6.45, 7) is 0.939. The summed E-state index contributed by atoms with van der Waals surface area (Å²) < 4.78 is 5.78. The van der Waals surface area contributed by atoms with Gasteiger partial charge in [0.05, 0.1) is 18.8 Å². The second-order valence-corrected chi connectivity index (χ2v) is 7.48. The molecule has 0 aliphatic heterocycles. The number of nitrogens with one attached hydrogen (secondary N) is 1. The highest BCUT2D eigenvalue weighted by molar-refractivity contribution is 7.13. The smallest absolute Gasteiger partial charge is 0.220 e. The number of nitrogens with zero attached hydrogens (tertiary/aromatic N) is 2.